The van der Waals surface area contributed by atoms with E-state index in [1.165, 1.54) is 56.4 Å². The first-order valence-electron chi connectivity index (χ1n) is 9.29. The van der Waals surface area contributed by atoms with Gasteiger partial charge in [0.2, 0.25) is 0 Å². The van der Waals surface area contributed by atoms with E-state index >= 15 is 0 Å². The highest BCUT2D eigenvalue weighted by Gasteiger charge is 2.27. The van der Waals surface area contributed by atoms with Crippen molar-refractivity contribution in [1.29, 1.82) is 0 Å². The van der Waals surface area contributed by atoms with E-state index in [-0.39, 0.29) is 0 Å². The summed E-state index contributed by atoms with van der Waals surface area (Å²) >= 11 is 0. The molecule has 1 atom stereocenters. The third-order valence-electron chi connectivity index (χ3n) is 5.05. The maximum absolute atomic E-state index is 4.74. The lowest BCUT2D eigenvalue weighted by Gasteiger charge is -2.37. The zero-order valence-corrected chi connectivity index (χ0v) is 15.0. The molecule has 2 heterocycles. The van der Waals surface area contributed by atoms with E-state index in [9.17, 15) is 0 Å². The topological polar surface area (TPSA) is 19.4 Å². The fourth-order valence-corrected chi connectivity index (χ4v) is 3.70. The Kier molecular flexibility index (Phi) is 5.86. The molecule has 1 saturated heterocycles. The molecule has 128 valence electrons. The van der Waals surface area contributed by atoms with Crippen molar-refractivity contribution >= 4 is 11.5 Å². The van der Waals surface area contributed by atoms with Crippen LogP contribution in [-0.4, -0.2) is 30.0 Å². The summed E-state index contributed by atoms with van der Waals surface area (Å²) in [5, 5.41) is 0. The van der Waals surface area contributed by atoms with Gasteiger partial charge in [0.1, 0.15) is 5.82 Å². The summed E-state index contributed by atoms with van der Waals surface area (Å²) in [6.07, 6.45) is 8.33. The van der Waals surface area contributed by atoms with Crippen LogP contribution < -0.4 is 4.90 Å². The van der Waals surface area contributed by atoms with Gasteiger partial charge in [-0.3, -0.25) is 4.90 Å². The number of aromatic nitrogens is 1. The maximum atomic E-state index is 4.74. The molecule has 1 aliphatic rings. The summed E-state index contributed by atoms with van der Waals surface area (Å²) in [4.78, 5) is 9.64. The zero-order chi connectivity index (χ0) is 16.8. The molecule has 2 aromatic rings. The second-order valence-electron chi connectivity index (χ2n) is 6.71. The van der Waals surface area contributed by atoms with Crippen LogP contribution in [0.1, 0.15) is 50.6 Å². The third kappa shape index (κ3) is 3.78. The van der Waals surface area contributed by atoms with Gasteiger partial charge in [-0.1, -0.05) is 44.0 Å². The van der Waals surface area contributed by atoms with Gasteiger partial charge in [0, 0.05) is 30.5 Å². The molecule has 24 heavy (non-hydrogen) atoms. The summed E-state index contributed by atoms with van der Waals surface area (Å²) in [5.41, 5.74) is 2.56. The van der Waals surface area contributed by atoms with Crippen molar-refractivity contribution in [3.05, 3.63) is 54.2 Å². The largest absolute Gasteiger partial charge is 0.329 e. The van der Waals surface area contributed by atoms with Gasteiger partial charge in [-0.05, 0) is 50.6 Å². The molecule has 1 fully saturated rings. The minimum Gasteiger partial charge on any atom is -0.329 e. The lowest BCUT2D eigenvalue weighted by Crippen LogP contribution is -2.35. The lowest BCUT2D eigenvalue weighted by atomic mass is 9.95. The standard InChI is InChI=1S/C21H29N3/c1-3-4-16-24-17-9-8-14-20(24)19-13-10-15-22-21(19)23(2)18-11-6-5-7-12-18/h5-7,10-13,15,20H,3-4,8-9,14,16-17H2,1-2H3/t20-/m0/s1. The first-order valence-corrected chi connectivity index (χ1v) is 9.29. The summed E-state index contributed by atoms with van der Waals surface area (Å²) in [7, 11) is 2.13. The van der Waals surface area contributed by atoms with E-state index in [1.807, 2.05) is 6.20 Å². The van der Waals surface area contributed by atoms with Crippen LogP contribution in [0.2, 0.25) is 0 Å². The second kappa shape index (κ2) is 8.29. The number of anilines is 2. The highest BCUT2D eigenvalue weighted by atomic mass is 15.2. The van der Waals surface area contributed by atoms with E-state index in [0.717, 1.165) is 5.82 Å². The van der Waals surface area contributed by atoms with Crippen molar-refractivity contribution in [1.82, 2.24) is 9.88 Å². The number of para-hydroxylation sites is 1. The number of likely N-dealkylation sites (tertiary alicyclic amines) is 1. The van der Waals surface area contributed by atoms with E-state index < -0.39 is 0 Å². The van der Waals surface area contributed by atoms with Gasteiger partial charge in [-0.2, -0.15) is 0 Å². The quantitative estimate of drug-likeness (QED) is 0.730. The fourth-order valence-electron chi connectivity index (χ4n) is 3.70. The van der Waals surface area contributed by atoms with Crippen molar-refractivity contribution in [2.75, 3.05) is 25.0 Å². The van der Waals surface area contributed by atoms with Gasteiger partial charge in [-0.25, -0.2) is 4.98 Å². The number of rotatable bonds is 6. The Bertz CT molecular complexity index is 626. The lowest BCUT2D eigenvalue weighted by molar-refractivity contribution is 0.147. The molecular formula is C21H29N3. The van der Waals surface area contributed by atoms with Crippen LogP contribution >= 0.6 is 0 Å². The summed E-state index contributed by atoms with van der Waals surface area (Å²) in [6.45, 7) is 4.69. The summed E-state index contributed by atoms with van der Waals surface area (Å²) in [5.74, 6) is 1.09. The number of piperidine rings is 1. The molecule has 0 amide bonds. The van der Waals surface area contributed by atoms with Crippen LogP contribution in [0.5, 0.6) is 0 Å². The van der Waals surface area contributed by atoms with E-state index in [2.05, 4.69) is 66.2 Å². The molecule has 0 N–H and O–H groups in total. The van der Waals surface area contributed by atoms with Gasteiger partial charge >= 0.3 is 0 Å². The number of hydrogen-bond donors (Lipinski definition) is 0. The predicted molar refractivity (Wildman–Crippen MR) is 102 cm³/mol. The third-order valence-corrected chi connectivity index (χ3v) is 5.05. The van der Waals surface area contributed by atoms with Crippen LogP contribution in [0.15, 0.2) is 48.7 Å². The molecular weight excluding hydrogens is 294 g/mol. The number of unbranched alkanes of at least 4 members (excludes halogenated alkanes) is 1. The number of hydrogen-bond acceptors (Lipinski definition) is 3. The normalized spacial score (nSPS) is 18.5. The second-order valence-corrected chi connectivity index (χ2v) is 6.71. The Morgan fingerprint density at radius 3 is 2.75 bits per heavy atom. The van der Waals surface area contributed by atoms with Crippen LogP contribution in [0.3, 0.4) is 0 Å². The van der Waals surface area contributed by atoms with Gasteiger partial charge in [0.05, 0.1) is 0 Å². The SMILES string of the molecule is CCCCN1CCCC[C@H]1c1cccnc1N(C)c1ccccc1. The van der Waals surface area contributed by atoms with Crippen LogP contribution in [0, 0.1) is 0 Å². The Morgan fingerprint density at radius 1 is 1.12 bits per heavy atom. The van der Waals surface area contributed by atoms with Crippen molar-refractivity contribution < 1.29 is 0 Å². The monoisotopic (exact) mass is 323 g/mol. The minimum absolute atomic E-state index is 0.500. The zero-order valence-electron chi connectivity index (χ0n) is 15.0. The number of benzene rings is 1. The summed E-state index contributed by atoms with van der Waals surface area (Å²) in [6, 6.07) is 15.4. The van der Waals surface area contributed by atoms with Crippen molar-refractivity contribution in [2.24, 2.45) is 0 Å². The van der Waals surface area contributed by atoms with Crippen LogP contribution in [0.4, 0.5) is 11.5 Å². The molecule has 0 unspecified atom stereocenters. The molecule has 0 radical (unpaired) electrons. The first kappa shape index (κ1) is 17.0. The predicted octanol–water partition coefficient (Wildman–Crippen LogP) is 5.18. The van der Waals surface area contributed by atoms with Crippen LogP contribution in [-0.2, 0) is 0 Å². The van der Waals surface area contributed by atoms with Gasteiger partial charge < -0.3 is 4.90 Å². The minimum atomic E-state index is 0.500. The maximum Gasteiger partial charge on any atom is 0.137 e. The molecule has 0 saturated carbocycles. The van der Waals surface area contributed by atoms with Gasteiger partial charge in [-0.15, -0.1) is 0 Å². The van der Waals surface area contributed by atoms with Crippen molar-refractivity contribution in [3.63, 3.8) is 0 Å². The molecule has 1 aromatic carbocycles. The molecule has 3 rings (SSSR count). The van der Waals surface area contributed by atoms with Crippen molar-refractivity contribution in [2.45, 2.75) is 45.1 Å². The Morgan fingerprint density at radius 2 is 1.96 bits per heavy atom. The number of pyridine rings is 1. The average Bonchev–Trinajstić information content (AvgIpc) is 2.67. The molecule has 3 nitrogen and oxygen atoms in total. The molecule has 1 aliphatic heterocycles. The highest BCUT2D eigenvalue weighted by Crippen LogP contribution is 2.37. The fraction of sp³-hybridized carbons (Fsp3) is 0.476. The van der Waals surface area contributed by atoms with Gasteiger partial charge in [0.15, 0.2) is 0 Å². The molecule has 1 aromatic heterocycles. The van der Waals surface area contributed by atoms with E-state index in [0.29, 0.717) is 6.04 Å². The first-order chi connectivity index (χ1) is 11.8. The van der Waals surface area contributed by atoms with Crippen molar-refractivity contribution in [3.8, 4) is 0 Å². The Hall–Kier alpha value is -1.87. The van der Waals surface area contributed by atoms with E-state index in [1.54, 1.807) is 0 Å². The average molecular weight is 323 g/mol. The summed E-state index contributed by atoms with van der Waals surface area (Å²) < 4.78 is 0. The van der Waals surface area contributed by atoms with E-state index in [4.69, 9.17) is 4.98 Å². The molecule has 0 aliphatic carbocycles. The van der Waals surface area contributed by atoms with Crippen LogP contribution in [0.25, 0.3) is 0 Å². The van der Waals surface area contributed by atoms with Gasteiger partial charge in [0.25, 0.3) is 0 Å². The smallest absolute Gasteiger partial charge is 0.137 e. The molecule has 0 spiro atoms. The molecule has 0 bridgehead atoms. The number of nitrogens with zero attached hydrogens (tertiary/aromatic N) is 3. The Balaban J connectivity index is 1.90. The Labute approximate surface area is 146 Å². The molecule has 3 heteroatoms. The highest BCUT2D eigenvalue weighted by molar-refractivity contribution is 5.62.